The molecule has 1 aliphatic heterocycles. The molecule has 4 rings (SSSR count). The summed E-state index contributed by atoms with van der Waals surface area (Å²) in [5, 5.41) is 3.52. The van der Waals surface area contributed by atoms with E-state index in [0.717, 1.165) is 39.4 Å². The van der Waals surface area contributed by atoms with Gasteiger partial charge in [-0.15, -0.1) is 0 Å². The number of carbonyl (C=O) groups excluding carboxylic acids is 2. The fourth-order valence-corrected chi connectivity index (χ4v) is 4.45. The molecular formula is C28H36N4O5. The van der Waals surface area contributed by atoms with Gasteiger partial charge >= 0.3 is 12.1 Å². The Morgan fingerprint density at radius 3 is 2.43 bits per heavy atom. The van der Waals surface area contributed by atoms with Crippen LogP contribution < -0.4 is 10.1 Å². The summed E-state index contributed by atoms with van der Waals surface area (Å²) in [5.41, 5.74) is 4.71. The van der Waals surface area contributed by atoms with Crippen LogP contribution in [0.1, 0.15) is 60.9 Å². The number of hydrogen-bond donors (Lipinski definition) is 2. The van der Waals surface area contributed by atoms with E-state index in [2.05, 4.69) is 15.3 Å². The second-order valence-corrected chi connectivity index (χ2v) is 10.4. The smallest absolute Gasteiger partial charge is 0.410 e. The molecule has 9 nitrogen and oxygen atoms in total. The van der Waals surface area contributed by atoms with Crippen LogP contribution in [0.15, 0.2) is 30.3 Å². The van der Waals surface area contributed by atoms with E-state index in [9.17, 15) is 9.59 Å². The summed E-state index contributed by atoms with van der Waals surface area (Å²) in [4.78, 5) is 33.9. The van der Waals surface area contributed by atoms with Gasteiger partial charge < -0.3 is 29.4 Å². The molecule has 2 N–H and O–H groups in total. The van der Waals surface area contributed by atoms with Gasteiger partial charge in [0.2, 0.25) is 0 Å². The number of nitrogens with zero attached hydrogens (tertiary/aromatic N) is 2. The lowest BCUT2D eigenvalue weighted by molar-refractivity contribution is 0.0127. The standard InChI is InChI=1S/C28H36N4O5/c1-17-24-22(30-18(2)31-24)15-23(25(17)29-16-19-7-9-20(10-8-19)26(33)35-6)36-21-11-13-32(14-12-21)27(34)37-28(3,4)5/h7-10,15,21,29H,11-14,16H2,1-6H3,(H,30,31). The summed E-state index contributed by atoms with van der Waals surface area (Å²) in [6.07, 6.45) is 1.12. The van der Waals surface area contributed by atoms with E-state index in [1.807, 2.05) is 52.8 Å². The molecule has 1 aromatic heterocycles. The van der Waals surface area contributed by atoms with Gasteiger partial charge in [0.15, 0.2) is 0 Å². The zero-order valence-electron chi connectivity index (χ0n) is 22.4. The Kier molecular flexibility index (Phi) is 7.61. The third-order valence-corrected chi connectivity index (χ3v) is 6.33. The van der Waals surface area contributed by atoms with Crippen LogP contribution in [0.5, 0.6) is 5.75 Å². The molecule has 0 radical (unpaired) electrons. The van der Waals surface area contributed by atoms with Crippen molar-refractivity contribution in [2.75, 3.05) is 25.5 Å². The van der Waals surface area contributed by atoms with Crippen LogP contribution in [0, 0.1) is 13.8 Å². The number of methoxy groups -OCH3 is 1. The number of benzene rings is 2. The lowest BCUT2D eigenvalue weighted by Crippen LogP contribution is -2.44. The van der Waals surface area contributed by atoms with Crippen molar-refractivity contribution in [2.24, 2.45) is 0 Å². The summed E-state index contributed by atoms with van der Waals surface area (Å²) >= 11 is 0. The first kappa shape index (κ1) is 26.3. The van der Waals surface area contributed by atoms with E-state index in [4.69, 9.17) is 14.2 Å². The number of carbonyl (C=O) groups is 2. The number of H-pyrrole nitrogens is 1. The summed E-state index contributed by atoms with van der Waals surface area (Å²) in [7, 11) is 1.37. The van der Waals surface area contributed by atoms with Crippen molar-refractivity contribution in [3.05, 3.63) is 52.8 Å². The molecule has 1 aliphatic rings. The van der Waals surface area contributed by atoms with Gasteiger partial charge in [0, 0.05) is 44.1 Å². The lowest BCUT2D eigenvalue weighted by atomic mass is 10.1. The van der Waals surface area contributed by atoms with Gasteiger partial charge in [0.25, 0.3) is 0 Å². The fraction of sp³-hybridized carbons (Fsp3) is 0.464. The number of hydrogen-bond acceptors (Lipinski definition) is 7. The molecule has 9 heteroatoms. The number of aromatic amines is 1. The number of likely N-dealkylation sites (tertiary alicyclic amines) is 1. The minimum Gasteiger partial charge on any atom is -0.488 e. The molecule has 0 bridgehead atoms. The molecule has 0 spiro atoms. The second-order valence-electron chi connectivity index (χ2n) is 10.4. The maximum absolute atomic E-state index is 12.4. The van der Waals surface area contributed by atoms with Crippen molar-refractivity contribution in [3.63, 3.8) is 0 Å². The first-order chi connectivity index (χ1) is 17.5. The predicted molar refractivity (Wildman–Crippen MR) is 142 cm³/mol. The molecule has 0 unspecified atom stereocenters. The van der Waals surface area contributed by atoms with E-state index in [0.29, 0.717) is 38.0 Å². The predicted octanol–water partition coefficient (Wildman–Crippen LogP) is 5.36. The van der Waals surface area contributed by atoms with Crippen molar-refractivity contribution >= 4 is 28.8 Å². The number of rotatable bonds is 6. The number of fused-ring (bicyclic) bond motifs is 1. The van der Waals surface area contributed by atoms with Crippen LogP contribution in [-0.4, -0.2) is 58.8 Å². The Bertz CT molecular complexity index is 1270. The highest BCUT2D eigenvalue weighted by Gasteiger charge is 2.28. The number of aromatic nitrogens is 2. The number of anilines is 1. The number of ether oxygens (including phenoxy) is 3. The number of esters is 1. The lowest BCUT2D eigenvalue weighted by Gasteiger charge is -2.34. The van der Waals surface area contributed by atoms with Crippen LogP contribution in [0.4, 0.5) is 10.5 Å². The first-order valence-electron chi connectivity index (χ1n) is 12.6. The Balaban J connectivity index is 1.49. The number of aryl methyl sites for hydroxylation is 2. The van der Waals surface area contributed by atoms with Crippen molar-refractivity contribution in [2.45, 2.75) is 65.7 Å². The summed E-state index contributed by atoms with van der Waals surface area (Å²) < 4.78 is 16.8. The molecule has 1 amide bonds. The fourth-order valence-electron chi connectivity index (χ4n) is 4.45. The molecule has 2 heterocycles. The molecule has 1 saturated heterocycles. The second kappa shape index (κ2) is 10.7. The van der Waals surface area contributed by atoms with Crippen molar-refractivity contribution in [1.82, 2.24) is 14.9 Å². The van der Waals surface area contributed by atoms with Crippen LogP contribution in [-0.2, 0) is 16.0 Å². The first-order valence-corrected chi connectivity index (χ1v) is 12.6. The van der Waals surface area contributed by atoms with Crippen LogP contribution in [0.25, 0.3) is 11.0 Å². The Hall–Kier alpha value is -3.75. The number of amides is 1. The minimum atomic E-state index is -0.514. The molecule has 37 heavy (non-hydrogen) atoms. The Morgan fingerprint density at radius 2 is 1.81 bits per heavy atom. The topological polar surface area (TPSA) is 106 Å². The van der Waals surface area contributed by atoms with E-state index in [1.165, 1.54) is 7.11 Å². The van der Waals surface area contributed by atoms with Gasteiger partial charge in [-0.05, 0) is 52.3 Å². The van der Waals surface area contributed by atoms with E-state index in [1.54, 1.807) is 17.0 Å². The van der Waals surface area contributed by atoms with Crippen LogP contribution in [0.2, 0.25) is 0 Å². The molecule has 198 valence electrons. The normalized spacial score (nSPS) is 14.5. The van der Waals surface area contributed by atoms with Gasteiger partial charge in [0.1, 0.15) is 23.3 Å². The van der Waals surface area contributed by atoms with Gasteiger partial charge in [0.05, 0.1) is 29.4 Å². The van der Waals surface area contributed by atoms with Gasteiger partial charge in [-0.1, -0.05) is 12.1 Å². The highest BCUT2D eigenvalue weighted by atomic mass is 16.6. The molecule has 2 aromatic carbocycles. The summed E-state index contributed by atoms with van der Waals surface area (Å²) in [5.74, 6) is 1.23. The molecule has 0 saturated carbocycles. The SMILES string of the molecule is COC(=O)c1ccc(CNc2c(OC3CCN(C(=O)OC(C)(C)C)CC3)cc3[nH]c(C)nc3c2C)cc1. The molecule has 1 fully saturated rings. The average Bonchev–Trinajstić information content (AvgIpc) is 3.23. The number of nitrogens with one attached hydrogen (secondary N) is 2. The largest absolute Gasteiger partial charge is 0.488 e. The van der Waals surface area contributed by atoms with Gasteiger partial charge in [-0.2, -0.15) is 0 Å². The molecule has 0 atom stereocenters. The molecule has 0 aliphatic carbocycles. The third kappa shape index (κ3) is 6.34. The van der Waals surface area contributed by atoms with Gasteiger partial charge in [-0.25, -0.2) is 14.6 Å². The average molecular weight is 509 g/mol. The van der Waals surface area contributed by atoms with Gasteiger partial charge in [-0.3, -0.25) is 0 Å². The summed E-state index contributed by atoms with van der Waals surface area (Å²) in [6, 6.07) is 9.31. The van der Waals surface area contributed by atoms with Crippen LogP contribution in [0.3, 0.4) is 0 Å². The number of imidazole rings is 1. The third-order valence-electron chi connectivity index (χ3n) is 6.33. The van der Waals surface area contributed by atoms with E-state index in [-0.39, 0.29) is 18.2 Å². The quantitative estimate of drug-likeness (QED) is 0.432. The maximum Gasteiger partial charge on any atom is 0.410 e. The van der Waals surface area contributed by atoms with Crippen LogP contribution >= 0.6 is 0 Å². The van der Waals surface area contributed by atoms with Crippen molar-refractivity contribution in [3.8, 4) is 5.75 Å². The van der Waals surface area contributed by atoms with Crippen molar-refractivity contribution in [1.29, 1.82) is 0 Å². The monoisotopic (exact) mass is 508 g/mol. The Labute approximate surface area is 217 Å². The summed E-state index contributed by atoms with van der Waals surface area (Å²) in [6.45, 7) is 11.3. The zero-order chi connectivity index (χ0) is 26.7. The molecular weight excluding hydrogens is 472 g/mol. The van der Waals surface area contributed by atoms with E-state index >= 15 is 0 Å². The highest BCUT2D eigenvalue weighted by molar-refractivity contribution is 5.89. The maximum atomic E-state index is 12.4. The Morgan fingerprint density at radius 1 is 1.14 bits per heavy atom. The highest BCUT2D eigenvalue weighted by Crippen LogP contribution is 2.36. The minimum absolute atomic E-state index is 0.0283. The van der Waals surface area contributed by atoms with E-state index < -0.39 is 5.60 Å². The molecule has 3 aromatic rings. The van der Waals surface area contributed by atoms with Crippen molar-refractivity contribution < 1.29 is 23.8 Å². The number of piperidine rings is 1. The zero-order valence-corrected chi connectivity index (χ0v) is 22.4.